The Labute approximate surface area is 189 Å². The third-order valence-corrected chi connectivity index (χ3v) is 7.94. The lowest BCUT2D eigenvalue weighted by atomic mass is 9.61. The molecule has 0 amide bonds. The summed E-state index contributed by atoms with van der Waals surface area (Å²) in [5, 5.41) is 4.64. The first kappa shape index (κ1) is 21.5. The van der Waals surface area contributed by atoms with E-state index >= 15 is 0 Å². The van der Waals surface area contributed by atoms with Gasteiger partial charge in [0.05, 0.1) is 16.0 Å². The normalized spacial score (nSPS) is 33.6. The van der Waals surface area contributed by atoms with E-state index in [0.717, 1.165) is 29.7 Å². The number of benzene rings is 1. The van der Waals surface area contributed by atoms with Crippen molar-refractivity contribution in [3.63, 3.8) is 0 Å². The Balaban J connectivity index is 1.56. The molecule has 1 saturated heterocycles. The predicted molar refractivity (Wildman–Crippen MR) is 123 cm³/mol. The number of allylic oxidation sites excluding steroid dienone is 4. The second kappa shape index (κ2) is 8.80. The second-order valence-electron chi connectivity index (χ2n) is 8.82. The van der Waals surface area contributed by atoms with Crippen molar-refractivity contribution < 1.29 is 9.53 Å². The van der Waals surface area contributed by atoms with Crippen LogP contribution >= 0.6 is 23.2 Å². The van der Waals surface area contributed by atoms with Gasteiger partial charge in [0.2, 0.25) is 0 Å². The molecule has 2 fully saturated rings. The first-order valence-corrected chi connectivity index (χ1v) is 11.6. The molecule has 1 aromatic rings. The van der Waals surface area contributed by atoms with Gasteiger partial charge in [0, 0.05) is 18.2 Å². The van der Waals surface area contributed by atoms with E-state index in [1.807, 2.05) is 19.1 Å². The van der Waals surface area contributed by atoms with Gasteiger partial charge in [-0.3, -0.25) is 4.79 Å². The Morgan fingerprint density at radius 2 is 2.03 bits per heavy atom. The molecule has 1 aliphatic carbocycles. The summed E-state index contributed by atoms with van der Waals surface area (Å²) in [7, 11) is 0. The van der Waals surface area contributed by atoms with Gasteiger partial charge in [0.25, 0.3) is 0 Å². The van der Waals surface area contributed by atoms with Gasteiger partial charge in [0.15, 0.2) is 0 Å². The number of cyclic esters (lactones) is 1. The fraction of sp³-hybridized carbons (Fsp3) is 0.480. The molecule has 2 heterocycles. The minimum atomic E-state index is -0.0107. The highest BCUT2D eigenvalue weighted by Gasteiger charge is 2.52. The molecule has 2 aliphatic heterocycles. The molecule has 1 aromatic carbocycles. The van der Waals surface area contributed by atoms with E-state index in [2.05, 4.69) is 43.5 Å². The first-order valence-electron chi connectivity index (χ1n) is 10.9. The van der Waals surface area contributed by atoms with E-state index in [1.54, 1.807) is 6.07 Å². The van der Waals surface area contributed by atoms with Crippen LogP contribution in [0.2, 0.25) is 10.0 Å². The molecule has 0 aromatic heterocycles. The maximum absolute atomic E-state index is 12.3. The molecule has 1 saturated carbocycles. The topological polar surface area (TPSA) is 38.3 Å². The number of ether oxygens (including phenoxy) is 1. The number of dihydropyridines is 1. The lowest BCUT2D eigenvalue weighted by Gasteiger charge is -2.41. The van der Waals surface area contributed by atoms with Crippen LogP contribution in [0.25, 0.3) is 5.57 Å². The van der Waals surface area contributed by atoms with Gasteiger partial charge < -0.3 is 10.1 Å². The van der Waals surface area contributed by atoms with Crippen molar-refractivity contribution in [3.8, 4) is 0 Å². The van der Waals surface area contributed by atoms with Crippen LogP contribution in [-0.4, -0.2) is 18.6 Å². The molecule has 0 unspecified atom stereocenters. The number of hydrogen-bond donors (Lipinski definition) is 1. The number of halogens is 2. The first-order chi connectivity index (χ1) is 14.4. The average Bonchev–Trinajstić information content (AvgIpc) is 3.01. The van der Waals surface area contributed by atoms with Crippen molar-refractivity contribution in [3.05, 3.63) is 63.8 Å². The largest absolute Gasteiger partial charge is 0.462 e. The van der Waals surface area contributed by atoms with Gasteiger partial charge in [0.1, 0.15) is 6.10 Å². The number of rotatable bonds is 4. The van der Waals surface area contributed by atoms with Crippen LogP contribution in [0.3, 0.4) is 0 Å². The van der Waals surface area contributed by atoms with Gasteiger partial charge >= 0.3 is 5.97 Å². The van der Waals surface area contributed by atoms with Gasteiger partial charge in [-0.25, -0.2) is 0 Å². The quantitative estimate of drug-likeness (QED) is 0.554. The SMILES string of the molecule is CC[C@H]1[C@H](/C=C/C2=CC=C(c3cccc(Cl)c3Cl)CN2)[C@@H]2[C@@H](C)OC(=O)[C@@H]2C[C@@H]1C. The maximum Gasteiger partial charge on any atom is 0.309 e. The Bertz CT molecular complexity index is 920. The molecule has 3 nitrogen and oxygen atoms in total. The van der Waals surface area contributed by atoms with E-state index < -0.39 is 0 Å². The summed E-state index contributed by atoms with van der Waals surface area (Å²) in [6.07, 6.45) is 10.7. The van der Waals surface area contributed by atoms with Crippen LogP contribution in [-0.2, 0) is 9.53 Å². The van der Waals surface area contributed by atoms with E-state index in [-0.39, 0.29) is 23.9 Å². The Morgan fingerprint density at radius 3 is 2.73 bits per heavy atom. The number of esters is 1. The summed E-state index contributed by atoms with van der Waals surface area (Å²) in [5.74, 6) is 1.75. The summed E-state index contributed by atoms with van der Waals surface area (Å²) >= 11 is 12.5. The highest BCUT2D eigenvalue weighted by molar-refractivity contribution is 6.43. The van der Waals surface area contributed by atoms with E-state index in [9.17, 15) is 4.79 Å². The molecule has 6 atom stereocenters. The summed E-state index contributed by atoms with van der Waals surface area (Å²) in [6.45, 7) is 7.28. The number of nitrogens with one attached hydrogen (secondary N) is 1. The van der Waals surface area contributed by atoms with Crippen molar-refractivity contribution in [1.29, 1.82) is 0 Å². The van der Waals surface area contributed by atoms with E-state index in [0.29, 0.717) is 34.3 Å². The summed E-state index contributed by atoms with van der Waals surface area (Å²) in [5.41, 5.74) is 3.14. The third-order valence-electron chi connectivity index (χ3n) is 7.12. The standard InChI is InChI=1S/C25H29Cl2NO2/c1-4-18-14(2)12-21-23(15(3)30-25(21)29)20(18)11-10-17-9-8-16(13-28-17)19-6-5-7-22(26)24(19)27/h5-11,14-15,18,20-21,23,28H,4,12-13H2,1-3H3/b11-10+/t14-,15+,18+,20-,21+,23-/m0/s1. The Hall–Kier alpha value is -1.71. The smallest absolute Gasteiger partial charge is 0.309 e. The second-order valence-corrected chi connectivity index (χ2v) is 9.60. The van der Waals surface area contributed by atoms with Crippen LogP contribution in [0.4, 0.5) is 0 Å². The molecule has 5 heteroatoms. The van der Waals surface area contributed by atoms with Crippen LogP contribution in [0, 0.1) is 29.6 Å². The average molecular weight is 446 g/mol. The summed E-state index contributed by atoms with van der Waals surface area (Å²) < 4.78 is 5.62. The number of carbonyl (C=O) groups excluding carboxylic acids is 1. The van der Waals surface area contributed by atoms with Crippen molar-refractivity contribution >= 4 is 34.7 Å². The molecule has 0 radical (unpaired) electrons. The molecule has 3 aliphatic rings. The third kappa shape index (κ3) is 3.94. The van der Waals surface area contributed by atoms with E-state index in [4.69, 9.17) is 27.9 Å². The summed E-state index contributed by atoms with van der Waals surface area (Å²) in [6, 6.07) is 5.71. The van der Waals surface area contributed by atoms with Gasteiger partial charge in [-0.05, 0) is 60.5 Å². The highest BCUT2D eigenvalue weighted by Crippen LogP contribution is 2.50. The number of carbonyl (C=O) groups is 1. The predicted octanol–water partition coefficient (Wildman–Crippen LogP) is 6.28. The van der Waals surface area contributed by atoms with E-state index in [1.165, 1.54) is 0 Å². The van der Waals surface area contributed by atoms with Crippen molar-refractivity contribution in [2.24, 2.45) is 29.6 Å². The number of fused-ring (bicyclic) bond motifs is 1. The Morgan fingerprint density at radius 1 is 1.23 bits per heavy atom. The number of hydrogen-bond acceptors (Lipinski definition) is 3. The maximum atomic E-state index is 12.3. The van der Waals surface area contributed by atoms with Crippen LogP contribution < -0.4 is 5.32 Å². The fourth-order valence-corrected chi connectivity index (χ4v) is 6.05. The van der Waals surface area contributed by atoms with Gasteiger partial charge in [-0.2, -0.15) is 0 Å². The fourth-order valence-electron chi connectivity index (χ4n) is 5.63. The zero-order chi connectivity index (χ0) is 21.4. The monoisotopic (exact) mass is 445 g/mol. The van der Waals surface area contributed by atoms with Crippen molar-refractivity contribution in [1.82, 2.24) is 5.32 Å². The molecular weight excluding hydrogens is 417 g/mol. The molecule has 0 bridgehead atoms. The molecule has 4 rings (SSSR count). The van der Waals surface area contributed by atoms with Gasteiger partial charge in [-0.15, -0.1) is 0 Å². The molecule has 1 N–H and O–H groups in total. The van der Waals surface area contributed by atoms with Gasteiger partial charge in [-0.1, -0.05) is 67.8 Å². The molecule has 160 valence electrons. The van der Waals surface area contributed by atoms with Crippen LogP contribution in [0.1, 0.15) is 39.2 Å². The lowest BCUT2D eigenvalue weighted by molar-refractivity contribution is -0.144. The Kier molecular flexibility index (Phi) is 6.31. The molecule has 0 spiro atoms. The zero-order valence-electron chi connectivity index (χ0n) is 17.7. The van der Waals surface area contributed by atoms with Crippen LogP contribution in [0.15, 0.2) is 48.2 Å². The minimum Gasteiger partial charge on any atom is -0.462 e. The van der Waals surface area contributed by atoms with Crippen molar-refractivity contribution in [2.75, 3.05) is 6.54 Å². The summed E-state index contributed by atoms with van der Waals surface area (Å²) in [4.78, 5) is 12.3. The minimum absolute atomic E-state index is 0.00622. The lowest BCUT2D eigenvalue weighted by Crippen LogP contribution is -2.40. The highest BCUT2D eigenvalue weighted by atomic mass is 35.5. The molecular formula is C25H29Cl2NO2. The van der Waals surface area contributed by atoms with Crippen LogP contribution in [0.5, 0.6) is 0 Å². The molecule has 30 heavy (non-hydrogen) atoms. The van der Waals surface area contributed by atoms with Crippen molar-refractivity contribution in [2.45, 2.75) is 39.7 Å². The zero-order valence-corrected chi connectivity index (χ0v) is 19.2.